The van der Waals surface area contributed by atoms with Crippen LogP contribution in [0.5, 0.6) is 0 Å². The van der Waals surface area contributed by atoms with Crippen LogP contribution in [-0.2, 0) is 0 Å². The highest BCUT2D eigenvalue weighted by atomic mass is 35.5. The molecule has 0 aromatic carbocycles. The SMILES string of the molecule is Cc1cc(C(=O)N(C)CCC(C)C)cc(Cl)n1. The Kier molecular flexibility index (Phi) is 4.94. The van der Waals surface area contributed by atoms with Gasteiger partial charge in [0.2, 0.25) is 0 Å². The van der Waals surface area contributed by atoms with Crippen molar-refractivity contribution in [3.05, 3.63) is 28.5 Å². The molecule has 0 aliphatic heterocycles. The Balaban J connectivity index is 2.74. The Morgan fingerprint density at radius 1 is 1.47 bits per heavy atom. The van der Waals surface area contributed by atoms with Crippen molar-refractivity contribution < 1.29 is 4.79 Å². The van der Waals surface area contributed by atoms with Gasteiger partial charge in [0, 0.05) is 24.8 Å². The molecule has 0 bridgehead atoms. The summed E-state index contributed by atoms with van der Waals surface area (Å²) in [5.74, 6) is 0.589. The lowest BCUT2D eigenvalue weighted by molar-refractivity contribution is 0.0789. The molecule has 94 valence electrons. The molecule has 1 heterocycles. The molecule has 0 unspecified atom stereocenters. The smallest absolute Gasteiger partial charge is 0.253 e. The van der Waals surface area contributed by atoms with Crippen molar-refractivity contribution in [2.75, 3.05) is 13.6 Å². The number of halogens is 1. The lowest BCUT2D eigenvalue weighted by Crippen LogP contribution is -2.28. The molecule has 0 N–H and O–H groups in total. The lowest BCUT2D eigenvalue weighted by atomic mass is 10.1. The number of carbonyl (C=O) groups is 1. The third kappa shape index (κ3) is 4.35. The van der Waals surface area contributed by atoms with E-state index in [0.717, 1.165) is 18.7 Å². The second-order valence-electron chi connectivity index (χ2n) is 4.73. The number of hydrogen-bond donors (Lipinski definition) is 0. The van der Waals surface area contributed by atoms with E-state index >= 15 is 0 Å². The van der Waals surface area contributed by atoms with Crippen LogP contribution in [0.2, 0.25) is 5.15 Å². The first-order chi connectivity index (χ1) is 7.90. The van der Waals surface area contributed by atoms with E-state index in [2.05, 4.69) is 18.8 Å². The van der Waals surface area contributed by atoms with E-state index in [-0.39, 0.29) is 5.91 Å². The van der Waals surface area contributed by atoms with Crippen LogP contribution in [0.4, 0.5) is 0 Å². The zero-order chi connectivity index (χ0) is 13.0. The highest BCUT2D eigenvalue weighted by molar-refractivity contribution is 6.29. The van der Waals surface area contributed by atoms with Gasteiger partial charge in [0.15, 0.2) is 0 Å². The highest BCUT2D eigenvalue weighted by Crippen LogP contribution is 2.13. The lowest BCUT2D eigenvalue weighted by Gasteiger charge is -2.18. The molecule has 17 heavy (non-hydrogen) atoms. The van der Waals surface area contributed by atoms with Gasteiger partial charge in [0.25, 0.3) is 5.91 Å². The zero-order valence-corrected chi connectivity index (χ0v) is 11.6. The van der Waals surface area contributed by atoms with Gasteiger partial charge in [0.1, 0.15) is 5.15 Å². The highest BCUT2D eigenvalue weighted by Gasteiger charge is 2.13. The second-order valence-corrected chi connectivity index (χ2v) is 5.12. The van der Waals surface area contributed by atoms with Gasteiger partial charge in [-0.2, -0.15) is 0 Å². The monoisotopic (exact) mass is 254 g/mol. The van der Waals surface area contributed by atoms with Crippen LogP contribution >= 0.6 is 11.6 Å². The van der Waals surface area contributed by atoms with Crippen molar-refractivity contribution >= 4 is 17.5 Å². The first-order valence-electron chi connectivity index (χ1n) is 5.80. The molecule has 0 saturated heterocycles. The molecule has 0 atom stereocenters. The molecule has 0 aliphatic rings. The van der Waals surface area contributed by atoms with Gasteiger partial charge in [-0.15, -0.1) is 0 Å². The average Bonchev–Trinajstić information content (AvgIpc) is 2.23. The molecule has 0 aliphatic carbocycles. The quantitative estimate of drug-likeness (QED) is 0.774. The summed E-state index contributed by atoms with van der Waals surface area (Å²) < 4.78 is 0. The van der Waals surface area contributed by atoms with Gasteiger partial charge in [-0.25, -0.2) is 4.98 Å². The van der Waals surface area contributed by atoms with Gasteiger partial charge >= 0.3 is 0 Å². The Bertz CT molecular complexity index is 384. The van der Waals surface area contributed by atoms with Crippen LogP contribution in [0, 0.1) is 12.8 Å². The molecular weight excluding hydrogens is 236 g/mol. The molecule has 1 aromatic rings. The van der Waals surface area contributed by atoms with E-state index < -0.39 is 0 Å². The molecule has 0 spiro atoms. The number of aromatic nitrogens is 1. The summed E-state index contributed by atoms with van der Waals surface area (Å²) in [4.78, 5) is 17.9. The first-order valence-corrected chi connectivity index (χ1v) is 6.17. The number of amides is 1. The van der Waals surface area contributed by atoms with Crippen LogP contribution < -0.4 is 0 Å². The van der Waals surface area contributed by atoms with E-state index in [0.29, 0.717) is 16.6 Å². The zero-order valence-electron chi connectivity index (χ0n) is 10.8. The number of rotatable bonds is 4. The summed E-state index contributed by atoms with van der Waals surface area (Å²) in [6, 6.07) is 3.38. The van der Waals surface area contributed by atoms with E-state index in [9.17, 15) is 4.79 Å². The van der Waals surface area contributed by atoms with Gasteiger partial charge < -0.3 is 4.90 Å². The van der Waals surface area contributed by atoms with Crippen molar-refractivity contribution in [1.29, 1.82) is 0 Å². The van der Waals surface area contributed by atoms with E-state index in [1.165, 1.54) is 0 Å². The minimum Gasteiger partial charge on any atom is -0.342 e. The van der Waals surface area contributed by atoms with Crippen LogP contribution in [0.25, 0.3) is 0 Å². The minimum absolute atomic E-state index is 0.00181. The summed E-state index contributed by atoms with van der Waals surface area (Å²) in [6.45, 7) is 6.88. The fraction of sp³-hybridized carbons (Fsp3) is 0.538. The number of aryl methyl sites for hydroxylation is 1. The summed E-state index contributed by atoms with van der Waals surface area (Å²) in [7, 11) is 1.81. The second kappa shape index (κ2) is 6.01. The molecule has 4 heteroatoms. The fourth-order valence-electron chi connectivity index (χ4n) is 1.53. The fourth-order valence-corrected chi connectivity index (χ4v) is 1.78. The predicted molar refractivity (Wildman–Crippen MR) is 70.4 cm³/mol. The molecule has 1 aromatic heterocycles. The Morgan fingerprint density at radius 2 is 2.12 bits per heavy atom. The van der Waals surface area contributed by atoms with Crippen LogP contribution in [0.3, 0.4) is 0 Å². The maximum atomic E-state index is 12.1. The predicted octanol–water partition coefficient (Wildman–Crippen LogP) is 3.16. The van der Waals surface area contributed by atoms with Gasteiger partial charge in [-0.05, 0) is 31.4 Å². The molecule has 0 saturated carbocycles. The normalized spacial score (nSPS) is 10.7. The number of nitrogens with zero attached hydrogens (tertiary/aromatic N) is 2. The van der Waals surface area contributed by atoms with E-state index in [1.807, 2.05) is 14.0 Å². The number of pyridine rings is 1. The summed E-state index contributed by atoms with van der Waals surface area (Å²) in [6.07, 6.45) is 1.00. The Labute approximate surface area is 108 Å². The summed E-state index contributed by atoms with van der Waals surface area (Å²) in [5.41, 5.74) is 1.37. The van der Waals surface area contributed by atoms with Crippen molar-refractivity contribution in [1.82, 2.24) is 9.88 Å². The molecule has 1 rings (SSSR count). The maximum absolute atomic E-state index is 12.1. The van der Waals surface area contributed by atoms with Crippen molar-refractivity contribution in [3.8, 4) is 0 Å². The third-order valence-electron chi connectivity index (χ3n) is 2.56. The van der Waals surface area contributed by atoms with Crippen molar-refractivity contribution in [3.63, 3.8) is 0 Å². The summed E-state index contributed by atoms with van der Waals surface area (Å²) in [5, 5.41) is 0.366. The van der Waals surface area contributed by atoms with Crippen molar-refractivity contribution in [2.24, 2.45) is 5.92 Å². The standard InChI is InChI=1S/C13H19ClN2O/c1-9(2)5-6-16(4)13(17)11-7-10(3)15-12(14)8-11/h7-9H,5-6H2,1-4H3. The van der Waals surface area contributed by atoms with Crippen LogP contribution in [0.15, 0.2) is 12.1 Å². The average molecular weight is 255 g/mol. The number of hydrogen-bond acceptors (Lipinski definition) is 2. The first kappa shape index (κ1) is 14.0. The van der Waals surface area contributed by atoms with Gasteiger partial charge in [0.05, 0.1) is 0 Å². The molecule has 0 radical (unpaired) electrons. The molecule has 1 amide bonds. The summed E-state index contributed by atoms with van der Waals surface area (Å²) >= 11 is 5.84. The van der Waals surface area contributed by atoms with E-state index in [1.54, 1.807) is 17.0 Å². The molecule has 0 fully saturated rings. The van der Waals surface area contributed by atoms with Gasteiger partial charge in [-0.1, -0.05) is 25.4 Å². The largest absolute Gasteiger partial charge is 0.342 e. The Morgan fingerprint density at radius 3 is 2.65 bits per heavy atom. The Hall–Kier alpha value is -1.09. The topological polar surface area (TPSA) is 33.2 Å². The van der Waals surface area contributed by atoms with Gasteiger partial charge in [-0.3, -0.25) is 4.79 Å². The maximum Gasteiger partial charge on any atom is 0.253 e. The van der Waals surface area contributed by atoms with Crippen LogP contribution in [-0.4, -0.2) is 29.4 Å². The minimum atomic E-state index is -0.00181. The van der Waals surface area contributed by atoms with E-state index in [4.69, 9.17) is 11.6 Å². The number of carbonyl (C=O) groups excluding carboxylic acids is 1. The van der Waals surface area contributed by atoms with Crippen molar-refractivity contribution in [2.45, 2.75) is 27.2 Å². The third-order valence-corrected chi connectivity index (χ3v) is 2.75. The molecule has 3 nitrogen and oxygen atoms in total. The molecular formula is C13H19ClN2O. The van der Waals surface area contributed by atoms with Crippen LogP contribution in [0.1, 0.15) is 36.3 Å².